The molecule has 0 amide bonds. The van der Waals surface area contributed by atoms with E-state index in [1.807, 2.05) is 0 Å². The van der Waals surface area contributed by atoms with Gasteiger partial charge < -0.3 is 9.47 Å². The quantitative estimate of drug-likeness (QED) is 0.105. The van der Waals surface area contributed by atoms with Crippen LogP contribution in [0.3, 0.4) is 0 Å². The van der Waals surface area contributed by atoms with Crippen molar-refractivity contribution in [3.05, 3.63) is 0 Å². The van der Waals surface area contributed by atoms with Crippen LogP contribution in [-0.4, -0.2) is 52.3 Å². The van der Waals surface area contributed by atoms with Crippen molar-refractivity contribution < 1.29 is 38.5 Å². The lowest BCUT2D eigenvalue weighted by Crippen LogP contribution is -2.42. The van der Waals surface area contributed by atoms with Gasteiger partial charge in [-0.2, -0.15) is 0 Å². The summed E-state index contributed by atoms with van der Waals surface area (Å²) in [5.74, 6) is 3.97. The summed E-state index contributed by atoms with van der Waals surface area (Å²) in [6.45, 7) is 8.98. The van der Waals surface area contributed by atoms with E-state index in [0.717, 1.165) is 121 Å². The summed E-state index contributed by atoms with van der Waals surface area (Å²) >= 11 is 1.08. The molecule has 53 heavy (non-hydrogen) atoms. The van der Waals surface area contributed by atoms with E-state index in [1.54, 1.807) is 6.92 Å². The predicted molar refractivity (Wildman–Crippen MR) is 208 cm³/mol. The molecule has 0 aromatic heterocycles. The maximum absolute atomic E-state index is 13.7. The zero-order valence-electron chi connectivity index (χ0n) is 33.5. The summed E-state index contributed by atoms with van der Waals surface area (Å²) < 4.78 is 18.2. The van der Waals surface area contributed by atoms with Crippen LogP contribution in [0.1, 0.15) is 175 Å². The van der Waals surface area contributed by atoms with Gasteiger partial charge in [0.05, 0.1) is 29.7 Å². The fraction of sp³-hybridized carbons (Fsp3) is 0.932. The molecule has 0 spiro atoms. The Bertz CT molecular complexity index is 1180. The first-order valence-electron chi connectivity index (χ1n) is 22.0. The Morgan fingerprint density at radius 2 is 1.04 bits per heavy atom. The van der Waals surface area contributed by atoms with Gasteiger partial charge in [0.1, 0.15) is 17.3 Å². The molecular formula is C44H72O8S. The van der Waals surface area contributed by atoms with Gasteiger partial charge in [0.25, 0.3) is 0 Å². The van der Waals surface area contributed by atoms with E-state index < -0.39 is 0 Å². The molecule has 6 fully saturated rings. The average Bonchev–Trinajstić information content (AvgIpc) is 3.18. The molecule has 6 aliphatic rings. The molecule has 5 atom stereocenters. The van der Waals surface area contributed by atoms with Gasteiger partial charge in [0.2, 0.25) is 0 Å². The molecule has 302 valence electrons. The number of hydrogen-bond acceptors (Lipinski definition) is 9. The molecule has 9 heteroatoms. The minimum Gasteiger partial charge on any atom is -0.375 e. The first-order chi connectivity index (χ1) is 25.5. The van der Waals surface area contributed by atoms with Crippen LogP contribution in [0.25, 0.3) is 0 Å². The highest BCUT2D eigenvalue weighted by Crippen LogP contribution is 2.50. The molecule has 0 bridgehead atoms. The van der Waals surface area contributed by atoms with E-state index in [2.05, 4.69) is 25.8 Å². The molecule has 0 heterocycles. The van der Waals surface area contributed by atoms with Gasteiger partial charge in [-0.25, -0.2) is 5.26 Å². The van der Waals surface area contributed by atoms with E-state index in [0.29, 0.717) is 35.9 Å². The fourth-order valence-corrected chi connectivity index (χ4v) is 12.7. The summed E-state index contributed by atoms with van der Waals surface area (Å²) in [6, 6.07) is 0. The highest BCUT2D eigenvalue weighted by molar-refractivity contribution is 7.95. The molecule has 5 unspecified atom stereocenters. The number of Topliss-reactive ketones (excluding diaryl/α,β-unsaturated/α-hetero) is 3. The van der Waals surface area contributed by atoms with Gasteiger partial charge in [-0.3, -0.25) is 14.4 Å². The minimum atomic E-state index is -0.0312. The van der Waals surface area contributed by atoms with Crippen LogP contribution < -0.4 is 0 Å². The largest absolute Gasteiger partial charge is 0.375 e. The third kappa shape index (κ3) is 11.0. The minimum absolute atomic E-state index is 0.00244. The molecule has 6 saturated carbocycles. The van der Waals surface area contributed by atoms with Gasteiger partial charge >= 0.3 is 0 Å². The topological polar surface area (TPSA) is 108 Å². The standard InChI is InChI=1S/C44H72O8S/c1-28-8-10-30(11-9-28)42(46)33-6-5-7-34(26-33)43(47)31-12-19-37(20-13-31)49-38-21-15-35(16-22-38)44(3,4)36-17-23-39(24-18-36)50-40-25-14-32(29(2)45)27-41(40)53-52-51-48/h28,30-41,48H,5-27H2,1-4H3. The maximum Gasteiger partial charge on any atom is 0.139 e. The zero-order valence-corrected chi connectivity index (χ0v) is 34.3. The van der Waals surface area contributed by atoms with Crippen molar-refractivity contribution in [2.75, 3.05) is 0 Å². The lowest BCUT2D eigenvalue weighted by molar-refractivity contribution is -0.432. The third-order valence-electron chi connectivity index (χ3n) is 15.7. The van der Waals surface area contributed by atoms with E-state index >= 15 is 0 Å². The average molecular weight is 761 g/mol. The Kier molecular flexibility index (Phi) is 15.4. The van der Waals surface area contributed by atoms with E-state index in [1.165, 1.54) is 38.5 Å². The van der Waals surface area contributed by atoms with Crippen molar-refractivity contribution in [3.8, 4) is 0 Å². The number of carbonyl (C=O) groups is 3. The molecule has 0 aromatic rings. The number of carbonyl (C=O) groups excluding carboxylic acids is 3. The predicted octanol–water partition coefficient (Wildman–Crippen LogP) is 10.7. The number of ketones is 3. The molecule has 0 radical (unpaired) electrons. The number of ether oxygens (including phenoxy) is 2. The second-order valence-electron chi connectivity index (χ2n) is 19.3. The van der Waals surface area contributed by atoms with Crippen LogP contribution in [0.15, 0.2) is 0 Å². The molecule has 0 aliphatic heterocycles. The van der Waals surface area contributed by atoms with Crippen molar-refractivity contribution >= 4 is 29.4 Å². The second kappa shape index (κ2) is 19.5. The molecule has 6 aliphatic carbocycles. The van der Waals surface area contributed by atoms with Crippen molar-refractivity contribution in [2.24, 2.45) is 52.8 Å². The van der Waals surface area contributed by atoms with Crippen LogP contribution in [0, 0.1) is 52.8 Å². The molecular weight excluding hydrogens is 689 g/mol. The van der Waals surface area contributed by atoms with Crippen molar-refractivity contribution in [1.82, 2.24) is 0 Å². The number of rotatable bonds is 14. The van der Waals surface area contributed by atoms with Crippen molar-refractivity contribution in [3.63, 3.8) is 0 Å². The molecule has 6 rings (SSSR count). The monoisotopic (exact) mass is 760 g/mol. The Labute approximate surface area is 324 Å². The third-order valence-corrected chi connectivity index (χ3v) is 16.6. The van der Waals surface area contributed by atoms with Crippen LogP contribution in [-0.2, 0) is 33.2 Å². The highest BCUT2D eigenvalue weighted by atomic mass is 32.2. The van der Waals surface area contributed by atoms with Gasteiger partial charge in [0, 0.05) is 41.6 Å². The van der Waals surface area contributed by atoms with Crippen molar-refractivity contribution in [1.29, 1.82) is 0 Å². The zero-order chi connectivity index (χ0) is 37.5. The lowest BCUT2D eigenvalue weighted by Gasteiger charge is -2.47. The summed E-state index contributed by atoms with van der Waals surface area (Å²) in [5, 5.41) is 12.6. The van der Waals surface area contributed by atoms with E-state index in [-0.39, 0.29) is 64.3 Å². The van der Waals surface area contributed by atoms with Crippen LogP contribution in [0.5, 0.6) is 0 Å². The summed E-state index contributed by atoms with van der Waals surface area (Å²) in [7, 11) is 0. The SMILES string of the molecule is CC(=O)C1CCC(OC2CCC(C(C)(C)C3CCC(OC4CCC(C(=O)C5CCCC(C(=O)C6CCC(C)CC6)C5)CC4)CC3)CC2)C(SOOO)C1. The molecule has 8 nitrogen and oxygen atoms in total. The summed E-state index contributed by atoms with van der Waals surface area (Å²) in [4.78, 5) is 39.1. The summed E-state index contributed by atoms with van der Waals surface area (Å²) in [6.07, 6.45) is 24.7. The van der Waals surface area contributed by atoms with E-state index in [4.69, 9.17) is 19.1 Å². The Hall–Kier alpha value is -0.840. The lowest BCUT2D eigenvalue weighted by atomic mass is 9.60. The Morgan fingerprint density at radius 1 is 0.566 bits per heavy atom. The first-order valence-corrected chi connectivity index (χ1v) is 22.8. The molecule has 0 saturated heterocycles. The first kappa shape index (κ1) is 41.8. The second-order valence-corrected chi connectivity index (χ2v) is 20.2. The van der Waals surface area contributed by atoms with Gasteiger partial charge in [-0.1, -0.05) is 45.1 Å². The van der Waals surface area contributed by atoms with Crippen LogP contribution >= 0.6 is 12.0 Å². The maximum atomic E-state index is 13.7. The normalized spacial score (nSPS) is 40.4. The van der Waals surface area contributed by atoms with Gasteiger partial charge in [0.15, 0.2) is 0 Å². The van der Waals surface area contributed by atoms with Gasteiger partial charge in [-0.15, -0.1) is 4.33 Å². The Morgan fingerprint density at radius 3 is 1.55 bits per heavy atom. The summed E-state index contributed by atoms with van der Waals surface area (Å²) in [5.41, 5.74) is 0.288. The smallest absolute Gasteiger partial charge is 0.139 e. The van der Waals surface area contributed by atoms with Crippen molar-refractivity contribution in [2.45, 2.75) is 205 Å². The fourth-order valence-electron chi connectivity index (χ4n) is 11.9. The Balaban J connectivity index is 0.881. The molecule has 0 aromatic carbocycles. The van der Waals surface area contributed by atoms with Crippen LogP contribution in [0.2, 0.25) is 0 Å². The van der Waals surface area contributed by atoms with Crippen LogP contribution in [0.4, 0.5) is 0 Å². The highest BCUT2D eigenvalue weighted by Gasteiger charge is 2.43. The van der Waals surface area contributed by atoms with E-state index in [9.17, 15) is 14.4 Å². The van der Waals surface area contributed by atoms with Gasteiger partial charge in [-0.05, 0) is 159 Å². The molecule has 1 N–H and O–H groups in total. The number of hydrogen-bond donors (Lipinski definition) is 1.